The summed E-state index contributed by atoms with van der Waals surface area (Å²) in [6.45, 7) is 2.37. The predicted molar refractivity (Wildman–Crippen MR) is 104 cm³/mol. The van der Waals surface area contributed by atoms with Crippen molar-refractivity contribution in [2.24, 2.45) is 0 Å². The lowest BCUT2D eigenvalue weighted by molar-refractivity contribution is 0.0933. The van der Waals surface area contributed by atoms with Crippen LogP contribution in [0.3, 0.4) is 0 Å². The number of ether oxygens (including phenoxy) is 1. The van der Waals surface area contributed by atoms with Crippen LogP contribution in [0.1, 0.15) is 33.2 Å². The number of thiocarbonyl (C=S) groups is 1. The molecule has 2 rings (SSSR count). The lowest BCUT2D eigenvalue weighted by Gasteiger charge is -2.17. The normalized spacial score (nSPS) is 11.3. The average molecular weight is 371 g/mol. The van der Waals surface area contributed by atoms with E-state index in [2.05, 4.69) is 16.2 Å². The molecule has 136 valence electrons. The highest BCUT2D eigenvalue weighted by molar-refractivity contribution is 7.80. The van der Waals surface area contributed by atoms with Crippen molar-refractivity contribution in [1.29, 1.82) is 0 Å². The fraction of sp³-hybridized carbons (Fsp3) is 0.211. The summed E-state index contributed by atoms with van der Waals surface area (Å²) in [6, 6.07) is 15.5. The number of ketones is 1. The highest BCUT2D eigenvalue weighted by Gasteiger charge is 2.18. The van der Waals surface area contributed by atoms with Crippen LogP contribution in [0.15, 0.2) is 54.6 Å². The first-order chi connectivity index (χ1) is 12.5. The quantitative estimate of drug-likeness (QED) is 0.410. The number of benzene rings is 2. The molecule has 2 aromatic rings. The molecule has 0 saturated carbocycles. The second-order valence-corrected chi connectivity index (χ2v) is 6.06. The highest BCUT2D eigenvalue weighted by Crippen LogP contribution is 2.14. The number of hydrazine groups is 1. The van der Waals surface area contributed by atoms with E-state index in [0.717, 1.165) is 0 Å². The van der Waals surface area contributed by atoms with Crippen molar-refractivity contribution in [3.63, 3.8) is 0 Å². The summed E-state index contributed by atoms with van der Waals surface area (Å²) in [7, 11) is 1.59. The number of rotatable bonds is 6. The fourth-order valence-corrected chi connectivity index (χ4v) is 2.61. The maximum absolute atomic E-state index is 12.7. The van der Waals surface area contributed by atoms with Gasteiger partial charge in [0.15, 0.2) is 10.9 Å². The number of nitrogens with one attached hydrogen (secondary N) is 3. The summed E-state index contributed by atoms with van der Waals surface area (Å²) < 4.78 is 5.01. The number of amides is 1. The van der Waals surface area contributed by atoms with Crippen molar-refractivity contribution < 1.29 is 14.3 Å². The van der Waals surface area contributed by atoms with Crippen LogP contribution < -0.4 is 16.2 Å². The Morgan fingerprint density at radius 1 is 1.00 bits per heavy atom. The molecule has 0 spiro atoms. The monoisotopic (exact) mass is 371 g/mol. The zero-order valence-electron chi connectivity index (χ0n) is 14.6. The van der Waals surface area contributed by atoms with Gasteiger partial charge in [-0.15, -0.1) is 0 Å². The molecule has 7 heteroatoms. The minimum atomic E-state index is -0.451. The Morgan fingerprint density at radius 2 is 1.62 bits per heavy atom. The van der Waals surface area contributed by atoms with Crippen molar-refractivity contribution in [1.82, 2.24) is 16.2 Å². The smallest absolute Gasteiger partial charge is 0.270 e. The zero-order valence-corrected chi connectivity index (χ0v) is 15.4. The van der Waals surface area contributed by atoms with E-state index in [1.54, 1.807) is 55.6 Å². The summed E-state index contributed by atoms with van der Waals surface area (Å²) in [5, 5.41) is 3.22. The molecular formula is C19H21N3O3S. The van der Waals surface area contributed by atoms with Crippen molar-refractivity contribution in [2.45, 2.75) is 13.0 Å². The number of methoxy groups -OCH3 is 1. The molecule has 0 radical (unpaired) electrons. The third-order valence-electron chi connectivity index (χ3n) is 3.54. The van der Waals surface area contributed by atoms with Crippen LogP contribution in [0, 0.1) is 0 Å². The van der Waals surface area contributed by atoms with Crippen molar-refractivity contribution >= 4 is 29.0 Å². The molecule has 1 amide bonds. The van der Waals surface area contributed by atoms with Gasteiger partial charge in [0.25, 0.3) is 5.91 Å². The van der Waals surface area contributed by atoms with E-state index in [-0.39, 0.29) is 22.5 Å². The molecule has 6 nitrogen and oxygen atoms in total. The van der Waals surface area contributed by atoms with Gasteiger partial charge >= 0.3 is 0 Å². The molecule has 0 saturated heterocycles. The van der Waals surface area contributed by atoms with E-state index in [0.29, 0.717) is 17.7 Å². The third kappa shape index (κ3) is 5.37. The topological polar surface area (TPSA) is 79.5 Å². The molecule has 0 aliphatic carbocycles. The largest absolute Gasteiger partial charge is 0.383 e. The molecule has 3 N–H and O–H groups in total. The van der Waals surface area contributed by atoms with Crippen LogP contribution in [0.2, 0.25) is 0 Å². The Kier molecular flexibility index (Phi) is 7.25. The van der Waals surface area contributed by atoms with Crippen LogP contribution >= 0.6 is 12.2 Å². The lowest BCUT2D eigenvalue weighted by atomic mass is 9.98. The van der Waals surface area contributed by atoms with Crippen LogP contribution in [0.25, 0.3) is 0 Å². The van der Waals surface area contributed by atoms with Gasteiger partial charge in [0.05, 0.1) is 12.2 Å². The lowest BCUT2D eigenvalue weighted by Crippen LogP contribution is -2.50. The molecule has 0 bridgehead atoms. The fourth-order valence-electron chi connectivity index (χ4n) is 2.36. The SMILES string of the molecule is COC[C@@H](C)NC(=S)NNC(=O)c1ccccc1C(=O)c1ccccc1. The highest BCUT2D eigenvalue weighted by atomic mass is 32.1. The van der Waals surface area contributed by atoms with E-state index < -0.39 is 5.91 Å². The zero-order chi connectivity index (χ0) is 18.9. The minimum absolute atomic E-state index is 0.0103. The number of carbonyl (C=O) groups is 2. The van der Waals surface area contributed by atoms with Crippen LogP contribution in [0.5, 0.6) is 0 Å². The molecular weight excluding hydrogens is 350 g/mol. The van der Waals surface area contributed by atoms with Crippen LogP contribution in [-0.2, 0) is 4.74 Å². The van der Waals surface area contributed by atoms with Gasteiger partial charge in [0.1, 0.15) is 0 Å². The van der Waals surface area contributed by atoms with Gasteiger partial charge < -0.3 is 10.1 Å². The summed E-state index contributed by atoms with van der Waals surface area (Å²) in [5.41, 5.74) is 6.25. The molecule has 0 aliphatic rings. The average Bonchev–Trinajstić information content (AvgIpc) is 2.66. The summed E-state index contributed by atoms with van der Waals surface area (Å²) >= 11 is 5.11. The van der Waals surface area contributed by atoms with Crippen LogP contribution in [-0.4, -0.2) is 36.6 Å². The molecule has 26 heavy (non-hydrogen) atoms. The minimum Gasteiger partial charge on any atom is -0.383 e. The van der Waals surface area contributed by atoms with Gasteiger partial charge in [-0.3, -0.25) is 20.4 Å². The first kappa shape index (κ1) is 19.6. The Morgan fingerprint density at radius 3 is 2.27 bits per heavy atom. The predicted octanol–water partition coefficient (Wildman–Crippen LogP) is 2.06. The summed E-state index contributed by atoms with van der Waals surface area (Å²) in [6.07, 6.45) is 0. The molecule has 0 heterocycles. The van der Waals surface area contributed by atoms with Crippen molar-refractivity contribution in [3.05, 3.63) is 71.3 Å². The summed E-state index contributed by atoms with van der Waals surface area (Å²) in [5.74, 6) is -0.667. The Balaban J connectivity index is 2.06. The summed E-state index contributed by atoms with van der Waals surface area (Å²) in [4.78, 5) is 25.2. The Labute approximate surface area is 157 Å². The van der Waals surface area contributed by atoms with E-state index in [1.165, 1.54) is 0 Å². The third-order valence-corrected chi connectivity index (χ3v) is 3.76. The van der Waals surface area contributed by atoms with Gasteiger partial charge in [-0.05, 0) is 25.2 Å². The molecule has 2 aromatic carbocycles. The first-order valence-electron chi connectivity index (χ1n) is 8.07. The number of hydrogen-bond acceptors (Lipinski definition) is 4. The second-order valence-electron chi connectivity index (χ2n) is 5.65. The Hall–Kier alpha value is -2.77. The number of hydrogen-bond donors (Lipinski definition) is 3. The van der Waals surface area contributed by atoms with Gasteiger partial charge in [0, 0.05) is 24.3 Å². The first-order valence-corrected chi connectivity index (χ1v) is 8.48. The van der Waals surface area contributed by atoms with Gasteiger partial charge in [-0.2, -0.15) is 0 Å². The van der Waals surface area contributed by atoms with Gasteiger partial charge in [-0.25, -0.2) is 0 Å². The molecule has 0 unspecified atom stereocenters. The van der Waals surface area contributed by atoms with E-state index >= 15 is 0 Å². The molecule has 0 aliphatic heterocycles. The van der Waals surface area contributed by atoms with Crippen LogP contribution in [0.4, 0.5) is 0 Å². The standard InChI is InChI=1S/C19H21N3O3S/c1-13(12-25-2)20-19(26)22-21-18(24)16-11-7-6-10-15(16)17(23)14-8-4-3-5-9-14/h3-11,13H,12H2,1-2H3,(H,21,24)(H2,20,22,26)/t13-/m1/s1. The van der Waals surface area contributed by atoms with E-state index in [9.17, 15) is 9.59 Å². The Bertz CT molecular complexity index is 781. The molecule has 1 atom stereocenters. The molecule has 0 aromatic heterocycles. The van der Waals surface area contributed by atoms with Crippen molar-refractivity contribution in [3.8, 4) is 0 Å². The van der Waals surface area contributed by atoms with Crippen molar-refractivity contribution in [2.75, 3.05) is 13.7 Å². The maximum Gasteiger partial charge on any atom is 0.270 e. The van der Waals surface area contributed by atoms with Gasteiger partial charge in [0.2, 0.25) is 0 Å². The van der Waals surface area contributed by atoms with E-state index in [1.807, 2.05) is 13.0 Å². The number of carbonyl (C=O) groups excluding carboxylic acids is 2. The van der Waals surface area contributed by atoms with E-state index in [4.69, 9.17) is 17.0 Å². The second kappa shape index (κ2) is 9.65. The maximum atomic E-state index is 12.7. The molecule has 0 fully saturated rings. The van der Waals surface area contributed by atoms with Gasteiger partial charge in [-0.1, -0.05) is 48.5 Å².